The number of aromatic nitrogens is 1. The fourth-order valence-corrected chi connectivity index (χ4v) is 3.84. The van der Waals surface area contributed by atoms with Crippen molar-refractivity contribution in [3.8, 4) is 0 Å². The molecule has 12 heteroatoms. The first kappa shape index (κ1) is 28.4. The Hall–Kier alpha value is -4.19. The molecule has 2 aromatic rings. The van der Waals surface area contributed by atoms with E-state index in [0.717, 1.165) is 5.56 Å². The molecule has 1 aliphatic heterocycles. The van der Waals surface area contributed by atoms with E-state index >= 15 is 0 Å². The highest BCUT2D eigenvalue weighted by molar-refractivity contribution is 5.93. The number of amides is 5. The lowest BCUT2D eigenvalue weighted by molar-refractivity contribution is -0.116. The van der Waals surface area contributed by atoms with E-state index in [-0.39, 0.29) is 24.5 Å². The van der Waals surface area contributed by atoms with Crippen LogP contribution in [0.1, 0.15) is 41.6 Å². The van der Waals surface area contributed by atoms with Gasteiger partial charge in [-0.15, -0.1) is 0 Å². The molecule has 38 heavy (non-hydrogen) atoms. The second-order valence-electron chi connectivity index (χ2n) is 8.76. The van der Waals surface area contributed by atoms with Crippen molar-refractivity contribution in [2.24, 2.45) is 5.73 Å². The van der Waals surface area contributed by atoms with Crippen molar-refractivity contribution in [1.82, 2.24) is 20.5 Å². The predicted octanol–water partition coefficient (Wildman–Crippen LogP) is 2.02. The molecule has 0 unspecified atom stereocenters. The first-order valence-corrected chi connectivity index (χ1v) is 12.5. The van der Waals surface area contributed by atoms with Crippen molar-refractivity contribution in [1.29, 1.82) is 0 Å². The molecule has 0 spiro atoms. The van der Waals surface area contributed by atoms with Crippen LogP contribution in [0.15, 0.2) is 48.8 Å². The molecule has 1 aromatic heterocycles. The van der Waals surface area contributed by atoms with Crippen molar-refractivity contribution < 1.29 is 28.7 Å². The number of carbonyl (C=O) groups excluding carboxylic acids is 4. The maximum atomic E-state index is 12.8. The zero-order valence-corrected chi connectivity index (χ0v) is 21.2. The molecule has 12 nitrogen and oxygen atoms in total. The van der Waals surface area contributed by atoms with Crippen molar-refractivity contribution in [3.63, 3.8) is 0 Å². The zero-order valence-electron chi connectivity index (χ0n) is 21.2. The Kier molecular flexibility index (Phi) is 11.3. The number of hydrogen-bond acceptors (Lipinski definition) is 7. The maximum Gasteiger partial charge on any atom is 0.410 e. The van der Waals surface area contributed by atoms with E-state index < -0.39 is 12.1 Å². The molecule has 204 valence electrons. The number of morpholine rings is 1. The Morgan fingerprint density at radius 1 is 1.08 bits per heavy atom. The SMILES string of the molecule is NC(=O)NCCCCC(=O)Nc1ccc(COC(=O)N2CCOC[C@@H]2CCNC(=O)c2cccnc2)cc1. The molecule has 3 rings (SSSR count). The number of nitrogens with zero attached hydrogens (tertiary/aromatic N) is 2. The van der Waals surface area contributed by atoms with Crippen LogP contribution < -0.4 is 21.7 Å². The van der Waals surface area contributed by atoms with Gasteiger partial charge in [0.05, 0.1) is 24.8 Å². The molecule has 5 N–H and O–H groups in total. The minimum absolute atomic E-state index is 0.0851. The number of pyridine rings is 1. The van der Waals surface area contributed by atoms with Gasteiger partial charge in [-0.3, -0.25) is 14.6 Å². The quantitative estimate of drug-likeness (QED) is 0.307. The second-order valence-corrected chi connectivity index (χ2v) is 8.76. The van der Waals surface area contributed by atoms with Gasteiger partial charge in [0.15, 0.2) is 0 Å². The van der Waals surface area contributed by atoms with Crippen LogP contribution in [-0.4, -0.2) is 72.7 Å². The molecule has 0 bridgehead atoms. The third kappa shape index (κ3) is 9.69. The Morgan fingerprint density at radius 2 is 1.89 bits per heavy atom. The number of urea groups is 1. The Balaban J connectivity index is 1.38. The maximum absolute atomic E-state index is 12.8. The molecule has 1 atom stereocenters. The highest BCUT2D eigenvalue weighted by atomic mass is 16.6. The first-order chi connectivity index (χ1) is 18.4. The number of carbonyl (C=O) groups is 4. The molecule has 0 radical (unpaired) electrons. The van der Waals surface area contributed by atoms with Crippen molar-refractivity contribution in [2.75, 3.05) is 38.2 Å². The van der Waals surface area contributed by atoms with Crippen molar-refractivity contribution in [2.45, 2.75) is 38.3 Å². The molecule has 2 heterocycles. The fourth-order valence-electron chi connectivity index (χ4n) is 3.84. The average molecular weight is 527 g/mol. The summed E-state index contributed by atoms with van der Waals surface area (Å²) in [5.74, 6) is -0.348. The lowest BCUT2D eigenvalue weighted by Gasteiger charge is -2.34. The topological polar surface area (TPSA) is 165 Å². The first-order valence-electron chi connectivity index (χ1n) is 12.5. The number of nitrogens with two attached hydrogens (primary N) is 1. The van der Waals surface area contributed by atoms with Crippen LogP contribution in [0.25, 0.3) is 0 Å². The number of primary amides is 1. The fraction of sp³-hybridized carbons (Fsp3) is 0.423. The van der Waals surface area contributed by atoms with Gasteiger partial charge in [0.1, 0.15) is 6.61 Å². The lowest BCUT2D eigenvalue weighted by Crippen LogP contribution is -2.50. The number of anilines is 1. The summed E-state index contributed by atoms with van der Waals surface area (Å²) in [6.07, 6.45) is 4.79. The van der Waals surface area contributed by atoms with Gasteiger partial charge in [-0.2, -0.15) is 0 Å². The summed E-state index contributed by atoms with van der Waals surface area (Å²) in [6.45, 7) is 2.09. The largest absolute Gasteiger partial charge is 0.445 e. The van der Waals surface area contributed by atoms with Crippen LogP contribution >= 0.6 is 0 Å². The number of rotatable bonds is 12. The summed E-state index contributed by atoms with van der Waals surface area (Å²) in [5, 5.41) is 8.14. The molecule has 1 aliphatic rings. The number of benzene rings is 1. The van der Waals surface area contributed by atoms with Gasteiger partial charge in [0, 0.05) is 44.1 Å². The van der Waals surface area contributed by atoms with Crippen LogP contribution in [0, 0.1) is 0 Å². The van der Waals surface area contributed by atoms with E-state index in [1.54, 1.807) is 47.5 Å². The van der Waals surface area contributed by atoms with Gasteiger partial charge >= 0.3 is 12.1 Å². The van der Waals surface area contributed by atoms with Crippen LogP contribution in [0.2, 0.25) is 0 Å². The second kappa shape index (κ2) is 15.2. The minimum Gasteiger partial charge on any atom is -0.445 e. The van der Waals surface area contributed by atoms with Gasteiger partial charge in [-0.25, -0.2) is 9.59 Å². The van der Waals surface area contributed by atoms with Gasteiger partial charge in [-0.1, -0.05) is 12.1 Å². The van der Waals surface area contributed by atoms with Crippen molar-refractivity contribution in [3.05, 3.63) is 59.9 Å². The average Bonchev–Trinajstić information content (AvgIpc) is 2.93. The van der Waals surface area contributed by atoms with Gasteiger partial charge < -0.3 is 36.1 Å². The third-order valence-corrected chi connectivity index (χ3v) is 5.88. The number of hydrogen-bond donors (Lipinski definition) is 4. The minimum atomic E-state index is -0.576. The summed E-state index contributed by atoms with van der Waals surface area (Å²) in [5.41, 5.74) is 6.89. The zero-order chi connectivity index (χ0) is 27.2. The van der Waals surface area contributed by atoms with Crippen LogP contribution in [0.3, 0.4) is 0 Å². The van der Waals surface area contributed by atoms with Crippen LogP contribution in [0.4, 0.5) is 15.3 Å². The highest BCUT2D eigenvalue weighted by Gasteiger charge is 2.28. The number of nitrogens with one attached hydrogen (secondary N) is 3. The van der Waals surface area contributed by atoms with Gasteiger partial charge in [-0.05, 0) is 49.1 Å². The standard InChI is InChI=1S/C26H34N6O6/c27-25(35)30-12-2-1-5-23(33)31-21-8-6-19(7-9-21)17-38-26(36)32-14-15-37-18-22(32)10-13-29-24(34)20-4-3-11-28-16-20/h3-4,6-9,11,16,22H,1-2,5,10,12-15,17-18H2,(H,29,34)(H,31,33)(H3,27,30,35)/t22-/m0/s1. The number of ether oxygens (including phenoxy) is 2. The smallest absolute Gasteiger partial charge is 0.410 e. The van der Waals surface area contributed by atoms with E-state index in [9.17, 15) is 19.2 Å². The Labute approximate surface area is 221 Å². The van der Waals surface area contributed by atoms with E-state index in [1.807, 2.05) is 0 Å². The Bertz CT molecular complexity index is 1070. The normalized spacial score (nSPS) is 14.8. The van der Waals surface area contributed by atoms with E-state index in [2.05, 4.69) is 20.9 Å². The summed E-state index contributed by atoms with van der Waals surface area (Å²) >= 11 is 0. The van der Waals surface area contributed by atoms with Gasteiger partial charge in [0.25, 0.3) is 5.91 Å². The molecule has 1 fully saturated rings. The van der Waals surface area contributed by atoms with Crippen molar-refractivity contribution >= 4 is 29.6 Å². The van der Waals surface area contributed by atoms with E-state index in [4.69, 9.17) is 15.2 Å². The highest BCUT2D eigenvalue weighted by Crippen LogP contribution is 2.15. The summed E-state index contributed by atoms with van der Waals surface area (Å²) in [7, 11) is 0. The molecular formula is C26H34N6O6. The Morgan fingerprint density at radius 3 is 2.63 bits per heavy atom. The molecular weight excluding hydrogens is 492 g/mol. The molecule has 0 saturated carbocycles. The molecule has 1 saturated heterocycles. The summed E-state index contributed by atoms with van der Waals surface area (Å²) < 4.78 is 11.0. The predicted molar refractivity (Wildman–Crippen MR) is 139 cm³/mol. The molecule has 1 aromatic carbocycles. The van der Waals surface area contributed by atoms with Crippen LogP contribution in [0.5, 0.6) is 0 Å². The number of unbranched alkanes of at least 4 members (excludes halogenated alkanes) is 1. The molecule has 5 amide bonds. The third-order valence-electron chi connectivity index (χ3n) is 5.88. The summed E-state index contributed by atoms with van der Waals surface area (Å²) in [6, 6.07) is 9.65. The lowest BCUT2D eigenvalue weighted by atomic mass is 10.1. The monoisotopic (exact) mass is 526 g/mol. The van der Waals surface area contributed by atoms with Gasteiger partial charge in [0.2, 0.25) is 5.91 Å². The molecule has 0 aliphatic carbocycles. The summed E-state index contributed by atoms with van der Waals surface area (Å²) in [4.78, 5) is 53.2. The van der Waals surface area contributed by atoms with E-state index in [1.165, 1.54) is 6.20 Å². The van der Waals surface area contributed by atoms with E-state index in [0.29, 0.717) is 69.8 Å². The van der Waals surface area contributed by atoms with Crippen LogP contribution in [-0.2, 0) is 20.9 Å².